The lowest BCUT2D eigenvalue weighted by atomic mass is 10.7. The number of rotatable bonds is 2. The summed E-state index contributed by atoms with van der Waals surface area (Å²) in [5, 5.41) is 0. The molecule has 2 heteroatoms. The van der Waals surface area contributed by atoms with Crippen LogP contribution in [0.3, 0.4) is 0 Å². The molecule has 0 aromatic heterocycles. The van der Waals surface area contributed by atoms with E-state index in [1.165, 1.54) is 0 Å². The van der Waals surface area contributed by atoms with Crippen molar-refractivity contribution < 1.29 is 9.31 Å². The summed E-state index contributed by atoms with van der Waals surface area (Å²) in [6, 6.07) is 0. The maximum atomic E-state index is 4.70. The van der Waals surface area contributed by atoms with Gasteiger partial charge in [-0.3, -0.25) is 0 Å². The van der Waals surface area contributed by atoms with Gasteiger partial charge in [-0.05, 0) is 6.92 Å². The molecule has 0 rings (SSSR count). The average Bonchev–Trinajstić information content (AvgIpc) is 1.68. The number of hydrogen-bond donors (Lipinski definition) is 0. The molecule has 2 nitrogen and oxygen atoms in total. The second kappa shape index (κ2) is 3.65. The lowest BCUT2D eigenvalue weighted by Crippen LogP contribution is -2.05. The summed E-state index contributed by atoms with van der Waals surface area (Å²) in [7, 11) is 3.61. The van der Waals surface area contributed by atoms with Gasteiger partial charge in [-0.2, -0.15) is 0 Å². The summed E-state index contributed by atoms with van der Waals surface area (Å²) >= 11 is 0. The molecule has 0 N–H and O–H groups in total. The van der Waals surface area contributed by atoms with E-state index in [4.69, 9.17) is 4.74 Å². The van der Waals surface area contributed by atoms with E-state index in [9.17, 15) is 0 Å². The second-order valence-corrected chi connectivity index (χ2v) is 1.41. The van der Waals surface area contributed by atoms with E-state index < -0.39 is 0 Å². The van der Waals surface area contributed by atoms with Gasteiger partial charge in [0.15, 0.2) is 0 Å². The molecule has 0 atom stereocenters. The number of ether oxygens (including phenoxy) is 1. The second-order valence-electron chi connectivity index (χ2n) is 1.41. The Kier molecular flexibility index (Phi) is 3.38. The van der Waals surface area contributed by atoms with Gasteiger partial charge in [-0.1, -0.05) is 0 Å². The van der Waals surface area contributed by atoms with Gasteiger partial charge in [0, 0.05) is 0 Å². The summed E-state index contributed by atoms with van der Waals surface area (Å²) < 4.78 is 6.65. The first kappa shape index (κ1) is 6.47. The van der Waals surface area contributed by atoms with Crippen molar-refractivity contribution in [3.63, 3.8) is 0 Å². The monoisotopic (exact) mass is 102 g/mol. The fourth-order valence-electron chi connectivity index (χ4n) is 0.254. The minimum Gasteiger partial charge on any atom is -0.454 e. The minimum atomic E-state index is 0.994. The molecule has 0 saturated heterocycles. The quantitative estimate of drug-likeness (QED) is 0.278. The van der Waals surface area contributed by atoms with Gasteiger partial charge in [0.1, 0.15) is 13.6 Å². The van der Waals surface area contributed by atoms with E-state index in [2.05, 4.69) is 6.92 Å². The molecule has 0 aromatic rings. The first-order chi connectivity index (χ1) is 3.31. The summed E-state index contributed by atoms with van der Waals surface area (Å²) in [6.07, 6.45) is 1.68. The first-order valence-electron chi connectivity index (χ1n) is 2.37. The molecule has 0 unspecified atom stereocenters. The van der Waals surface area contributed by atoms with Crippen LogP contribution in [0.15, 0.2) is 0 Å². The Balaban J connectivity index is 3.29. The van der Waals surface area contributed by atoms with E-state index in [0.29, 0.717) is 0 Å². The predicted molar refractivity (Wildman–Crippen MR) is 29.8 cm³/mol. The lowest BCUT2D eigenvalue weighted by molar-refractivity contribution is -0.496. The van der Waals surface area contributed by atoms with E-state index in [0.717, 1.165) is 6.54 Å². The Hall–Kier alpha value is -0.530. The highest BCUT2D eigenvalue weighted by Gasteiger charge is 1.82. The van der Waals surface area contributed by atoms with Crippen molar-refractivity contribution in [3.8, 4) is 0 Å². The van der Waals surface area contributed by atoms with Crippen LogP contribution in [0.5, 0.6) is 0 Å². The summed E-state index contributed by atoms with van der Waals surface area (Å²) in [5.41, 5.74) is 0. The van der Waals surface area contributed by atoms with Crippen molar-refractivity contribution in [1.29, 1.82) is 0 Å². The van der Waals surface area contributed by atoms with Gasteiger partial charge in [0.05, 0.1) is 7.11 Å². The predicted octanol–water partition coefficient (Wildman–Crippen LogP) is 0.323. The topological polar surface area (TPSA) is 12.2 Å². The Morgan fingerprint density at radius 2 is 2.29 bits per heavy atom. The molecule has 0 aliphatic heterocycles. The third-order valence-corrected chi connectivity index (χ3v) is 0.784. The van der Waals surface area contributed by atoms with Crippen molar-refractivity contribution in [3.05, 3.63) is 0 Å². The zero-order chi connectivity index (χ0) is 5.70. The largest absolute Gasteiger partial charge is 0.454 e. The van der Waals surface area contributed by atoms with Crippen molar-refractivity contribution in [2.75, 3.05) is 20.7 Å². The standard InChI is InChI=1S/C5H12NO/c1-4-6(2)5-7-3/h5H,4H2,1-3H3/q+1. The molecule has 42 valence electrons. The molecule has 0 aliphatic carbocycles. The smallest absolute Gasteiger partial charge is 0.323 e. The lowest BCUT2D eigenvalue weighted by Gasteiger charge is -1.86. The molecule has 0 amide bonds. The van der Waals surface area contributed by atoms with Gasteiger partial charge in [0.2, 0.25) is 0 Å². The maximum absolute atomic E-state index is 4.70. The van der Waals surface area contributed by atoms with Gasteiger partial charge in [-0.15, -0.1) is 0 Å². The van der Waals surface area contributed by atoms with E-state index in [1.54, 1.807) is 13.5 Å². The maximum Gasteiger partial charge on any atom is 0.323 e. The number of hydrogen-bond acceptors (Lipinski definition) is 1. The molecule has 0 aliphatic rings. The highest BCUT2D eigenvalue weighted by molar-refractivity contribution is 5.38. The van der Waals surface area contributed by atoms with Gasteiger partial charge < -0.3 is 4.74 Å². The van der Waals surface area contributed by atoms with Crippen molar-refractivity contribution in [2.45, 2.75) is 6.92 Å². The van der Waals surface area contributed by atoms with Gasteiger partial charge in [-0.25, -0.2) is 4.58 Å². The van der Waals surface area contributed by atoms with Crippen LogP contribution in [-0.2, 0) is 4.74 Å². The van der Waals surface area contributed by atoms with Crippen LogP contribution in [-0.4, -0.2) is 31.7 Å². The van der Waals surface area contributed by atoms with Gasteiger partial charge >= 0.3 is 6.40 Å². The highest BCUT2D eigenvalue weighted by Crippen LogP contribution is 1.61. The Morgan fingerprint density at radius 3 is 2.43 bits per heavy atom. The fourth-order valence-corrected chi connectivity index (χ4v) is 0.254. The van der Waals surface area contributed by atoms with Crippen LogP contribution in [0.4, 0.5) is 0 Å². The van der Waals surface area contributed by atoms with E-state index in [1.807, 2.05) is 11.6 Å². The molecule has 0 aromatic carbocycles. The normalized spacial score (nSPS) is 11.6. The Morgan fingerprint density at radius 1 is 1.71 bits per heavy atom. The zero-order valence-corrected chi connectivity index (χ0v) is 5.14. The van der Waals surface area contributed by atoms with Crippen LogP contribution in [0.2, 0.25) is 0 Å². The van der Waals surface area contributed by atoms with E-state index in [-0.39, 0.29) is 0 Å². The Labute approximate surface area is 44.4 Å². The van der Waals surface area contributed by atoms with Crippen LogP contribution in [0.1, 0.15) is 6.92 Å². The fraction of sp³-hybridized carbons (Fsp3) is 0.800. The molecule has 0 fully saturated rings. The molecular weight excluding hydrogens is 90.1 g/mol. The van der Waals surface area contributed by atoms with Crippen LogP contribution < -0.4 is 0 Å². The zero-order valence-electron chi connectivity index (χ0n) is 5.14. The number of methoxy groups -OCH3 is 1. The summed E-state index contributed by atoms with van der Waals surface area (Å²) in [6.45, 7) is 3.06. The van der Waals surface area contributed by atoms with Crippen molar-refractivity contribution in [1.82, 2.24) is 0 Å². The van der Waals surface area contributed by atoms with Gasteiger partial charge in [0.25, 0.3) is 0 Å². The van der Waals surface area contributed by atoms with Crippen LogP contribution >= 0.6 is 0 Å². The van der Waals surface area contributed by atoms with Crippen molar-refractivity contribution in [2.24, 2.45) is 0 Å². The van der Waals surface area contributed by atoms with Crippen molar-refractivity contribution >= 4 is 6.40 Å². The Bertz CT molecular complexity index is 68.5. The molecule has 0 heterocycles. The van der Waals surface area contributed by atoms with E-state index >= 15 is 0 Å². The summed E-state index contributed by atoms with van der Waals surface area (Å²) in [4.78, 5) is 0. The molecule has 0 radical (unpaired) electrons. The minimum absolute atomic E-state index is 0.994. The SMILES string of the molecule is CC[N+](C)=COC. The number of nitrogens with zero attached hydrogens (tertiary/aromatic N) is 1. The molecule has 0 bridgehead atoms. The molecule has 0 spiro atoms. The highest BCUT2D eigenvalue weighted by atomic mass is 16.5. The average molecular weight is 102 g/mol. The first-order valence-corrected chi connectivity index (χ1v) is 2.37. The molecular formula is C5H12NO+. The van der Waals surface area contributed by atoms with Crippen LogP contribution in [0.25, 0.3) is 0 Å². The third-order valence-electron chi connectivity index (χ3n) is 0.784. The van der Waals surface area contributed by atoms with Crippen LogP contribution in [0, 0.1) is 0 Å². The molecule has 7 heavy (non-hydrogen) atoms. The summed E-state index contributed by atoms with van der Waals surface area (Å²) in [5.74, 6) is 0. The molecule has 0 saturated carbocycles. The third kappa shape index (κ3) is 3.30.